The van der Waals surface area contributed by atoms with Gasteiger partial charge in [0.1, 0.15) is 6.04 Å². The number of aryl methyl sites for hydroxylation is 1. The maximum absolute atomic E-state index is 12.3. The largest absolute Gasteiger partial charge is 0.329 e. The summed E-state index contributed by atoms with van der Waals surface area (Å²) in [5.74, 6) is -0.691. The van der Waals surface area contributed by atoms with Crippen molar-refractivity contribution in [3.63, 3.8) is 0 Å². The van der Waals surface area contributed by atoms with E-state index in [0.29, 0.717) is 11.9 Å². The molecule has 1 atom stereocenters. The Labute approximate surface area is 128 Å². The molecule has 0 spiro atoms. The van der Waals surface area contributed by atoms with Crippen molar-refractivity contribution in [3.8, 4) is 0 Å². The Morgan fingerprint density at radius 1 is 1.14 bits per heavy atom. The minimum Gasteiger partial charge on any atom is -0.295 e. The van der Waals surface area contributed by atoms with Crippen LogP contribution in [0.15, 0.2) is 29.1 Å². The molecule has 1 unspecified atom stereocenters. The molecule has 3 rings (SSSR count). The predicted molar refractivity (Wildman–Crippen MR) is 84.6 cm³/mol. The van der Waals surface area contributed by atoms with Crippen molar-refractivity contribution in [3.05, 3.63) is 34.7 Å². The van der Waals surface area contributed by atoms with E-state index in [1.165, 1.54) is 15.6 Å². The van der Waals surface area contributed by atoms with Crippen LogP contribution in [-0.2, 0) is 16.6 Å². The van der Waals surface area contributed by atoms with Gasteiger partial charge in [-0.1, -0.05) is 32.4 Å². The van der Waals surface area contributed by atoms with Crippen molar-refractivity contribution in [1.82, 2.24) is 14.5 Å². The summed E-state index contributed by atoms with van der Waals surface area (Å²) in [4.78, 5) is 35.4. The van der Waals surface area contributed by atoms with Gasteiger partial charge < -0.3 is 0 Å². The summed E-state index contributed by atoms with van der Waals surface area (Å²) < 4.78 is 2.98. The fourth-order valence-electron chi connectivity index (χ4n) is 2.55. The van der Waals surface area contributed by atoms with E-state index in [-0.39, 0.29) is 18.0 Å². The second kappa shape index (κ2) is 6.60. The van der Waals surface area contributed by atoms with Crippen LogP contribution in [0, 0.1) is 0 Å². The molecule has 2 amide bonds. The number of nitrogens with one attached hydrogen (secondary N) is 1. The van der Waals surface area contributed by atoms with Gasteiger partial charge in [0.15, 0.2) is 0 Å². The number of para-hydroxylation sites is 2. The summed E-state index contributed by atoms with van der Waals surface area (Å²) in [6.45, 7) is 4.25. The second-order valence-corrected chi connectivity index (χ2v) is 5.37. The zero-order chi connectivity index (χ0) is 16.3. The number of benzene rings is 1. The number of imide groups is 1. The molecule has 6 nitrogen and oxygen atoms in total. The average molecular weight is 303 g/mol. The first-order chi connectivity index (χ1) is 10.5. The zero-order valence-electron chi connectivity index (χ0n) is 13.1. The van der Waals surface area contributed by atoms with Gasteiger partial charge in [-0.05, 0) is 18.6 Å². The van der Waals surface area contributed by atoms with Crippen LogP contribution in [0.25, 0.3) is 11.0 Å². The Morgan fingerprint density at radius 2 is 1.73 bits per heavy atom. The standard InChI is InChI=1S/C13H13N3O3.C3H8/c1-15-8-4-2-3-5-9(8)16(13(15)19)10-6-7-11(17)14-12(10)18;1-3-2/h2-5,10H,6-7H2,1H3,(H,14,17,18);3H2,1-2H3. The number of aromatic nitrogens is 2. The van der Waals surface area contributed by atoms with Crippen LogP contribution in [-0.4, -0.2) is 20.9 Å². The molecule has 1 saturated heterocycles. The lowest BCUT2D eigenvalue weighted by Crippen LogP contribution is -2.44. The van der Waals surface area contributed by atoms with Crippen molar-refractivity contribution in [1.29, 1.82) is 0 Å². The van der Waals surface area contributed by atoms with Crippen molar-refractivity contribution < 1.29 is 9.59 Å². The number of carbonyl (C=O) groups is 2. The Kier molecular flexibility index (Phi) is 4.80. The fourth-order valence-corrected chi connectivity index (χ4v) is 2.55. The number of amides is 2. The van der Waals surface area contributed by atoms with Gasteiger partial charge >= 0.3 is 5.69 Å². The van der Waals surface area contributed by atoms with Crippen molar-refractivity contribution >= 4 is 22.8 Å². The van der Waals surface area contributed by atoms with E-state index in [2.05, 4.69) is 19.2 Å². The van der Waals surface area contributed by atoms with Crippen LogP contribution in [0.2, 0.25) is 0 Å². The minimum absolute atomic E-state index is 0.240. The van der Waals surface area contributed by atoms with Gasteiger partial charge in [0, 0.05) is 13.5 Å². The molecule has 1 aliphatic rings. The maximum Gasteiger partial charge on any atom is 0.329 e. The first-order valence-electron chi connectivity index (χ1n) is 7.50. The number of hydrogen-bond donors (Lipinski definition) is 1. The minimum atomic E-state index is -0.615. The SMILES string of the molecule is CCC.Cn1c(=O)n(C2CCC(=O)NC2=O)c2ccccc21. The molecule has 0 saturated carbocycles. The number of piperidine rings is 1. The molecule has 22 heavy (non-hydrogen) atoms. The summed E-state index contributed by atoms with van der Waals surface area (Å²) >= 11 is 0. The maximum atomic E-state index is 12.3. The second-order valence-electron chi connectivity index (χ2n) is 5.37. The Bertz CT molecular complexity index is 758. The summed E-state index contributed by atoms with van der Waals surface area (Å²) in [7, 11) is 1.67. The predicted octanol–water partition coefficient (Wildman–Crippen LogP) is 1.73. The van der Waals surface area contributed by atoms with Crippen molar-refractivity contribution in [2.45, 2.75) is 39.2 Å². The average Bonchev–Trinajstić information content (AvgIpc) is 2.73. The van der Waals surface area contributed by atoms with Gasteiger partial charge in [-0.2, -0.15) is 0 Å². The van der Waals surface area contributed by atoms with Crippen molar-refractivity contribution in [2.24, 2.45) is 7.05 Å². The highest BCUT2D eigenvalue weighted by atomic mass is 16.2. The first kappa shape index (κ1) is 16.0. The van der Waals surface area contributed by atoms with Crippen LogP contribution in [0.4, 0.5) is 0 Å². The van der Waals surface area contributed by atoms with Gasteiger partial charge in [-0.3, -0.25) is 24.0 Å². The summed E-state index contributed by atoms with van der Waals surface area (Å²) in [6, 6.07) is 6.69. The lowest BCUT2D eigenvalue weighted by Gasteiger charge is -2.21. The van der Waals surface area contributed by atoms with Crippen LogP contribution in [0.5, 0.6) is 0 Å². The van der Waals surface area contributed by atoms with E-state index < -0.39 is 11.9 Å². The highest BCUT2D eigenvalue weighted by Gasteiger charge is 2.30. The summed E-state index contributed by atoms with van der Waals surface area (Å²) in [5.41, 5.74) is 1.25. The van der Waals surface area contributed by atoms with E-state index in [4.69, 9.17) is 0 Å². The van der Waals surface area contributed by atoms with Gasteiger partial charge in [0.25, 0.3) is 0 Å². The van der Waals surface area contributed by atoms with Gasteiger partial charge in [-0.15, -0.1) is 0 Å². The van der Waals surface area contributed by atoms with E-state index in [1.54, 1.807) is 13.1 Å². The van der Waals surface area contributed by atoms with E-state index in [1.807, 2.05) is 18.2 Å². The Balaban J connectivity index is 0.000000545. The third kappa shape index (κ3) is 2.81. The smallest absolute Gasteiger partial charge is 0.295 e. The molecule has 0 aliphatic carbocycles. The number of rotatable bonds is 1. The molecule has 118 valence electrons. The number of imidazole rings is 1. The van der Waals surface area contributed by atoms with Crippen LogP contribution in [0.3, 0.4) is 0 Å². The van der Waals surface area contributed by atoms with E-state index in [9.17, 15) is 14.4 Å². The Hall–Kier alpha value is -2.37. The fraction of sp³-hybridized carbons (Fsp3) is 0.438. The number of fused-ring (bicyclic) bond motifs is 1. The van der Waals surface area contributed by atoms with Gasteiger partial charge in [-0.25, -0.2) is 4.79 Å². The highest BCUT2D eigenvalue weighted by molar-refractivity contribution is 6.00. The summed E-state index contributed by atoms with van der Waals surface area (Å²) in [6.07, 6.45) is 1.87. The van der Waals surface area contributed by atoms with Crippen LogP contribution < -0.4 is 11.0 Å². The first-order valence-corrected chi connectivity index (χ1v) is 7.50. The third-order valence-electron chi connectivity index (χ3n) is 3.52. The molecule has 1 aromatic carbocycles. The van der Waals surface area contributed by atoms with Crippen molar-refractivity contribution in [2.75, 3.05) is 0 Å². The normalized spacial score (nSPS) is 17.9. The molecule has 0 radical (unpaired) electrons. The molecule has 2 aromatic rings. The van der Waals surface area contributed by atoms with E-state index >= 15 is 0 Å². The molecule has 1 aromatic heterocycles. The molecule has 2 heterocycles. The Morgan fingerprint density at radius 3 is 2.32 bits per heavy atom. The lowest BCUT2D eigenvalue weighted by molar-refractivity contribution is -0.135. The quantitative estimate of drug-likeness (QED) is 0.815. The number of nitrogens with zero attached hydrogens (tertiary/aromatic N) is 2. The molecule has 1 aliphatic heterocycles. The molecule has 0 bridgehead atoms. The summed E-state index contributed by atoms with van der Waals surface area (Å²) in [5, 5.41) is 2.28. The van der Waals surface area contributed by atoms with Gasteiger partial charge in [0.2, 0.25) is 11.8 Å². The van der Waals surface area contributed by atoms with Crippen LogP contribution in [0.1, 0.15) is 39.2 Å². The number of hydrogen-bond acceptors (Lipinski definition) is 3. The molecular formula is C16H21N3O3. The van der Waals surface area contributed by atoms with E-state index in [0.717, 1.165) is 5.52 Å². The van der Waals surface area contributed by atoms with Crippen LogP contribution >= 0.6 is 0 Å². The number of carbonyl (C=O) groups excluding carboxylic acids is 2. The monoisotopic (exact) mass is 303 g/mol. The molecule has 1 fully saturated rings. The third-order valence-corrected chi connectivity index (χ3v) is 3.52. The highest BCUT2D eigenvalue weighted by Crippen LogP contribution is 2.22. The zero-order valence-corrected chi connectivity index (χ0v) is 13.1. The molecule has 6 heteroatoms. The topological polar surface area (TPSA) is 73.1 Å². The lowest BCUT2D eigenvalue weighted by atomic mass is 10.1. The molecular weight excluding hydrogens is 282 g/mol. The molecule has 1 N–H and O–H groups in total. The van der Waals surface area contributed by atoms with Gasteiger partial charge in [0.05, 0.1) is 11.0 Å².